The number of amides is 2. The molecule has 0 unspecified atom stereocenters. The van der Waals surface area contributed by atoms with E-state index in [1.807, 2.05) is 32.6 Å². The summed E-state index contributed by atoms with van der Waals surface area (Å²) in [4.78, 5) is 40.4. The zero-order chi connectivity index (χ0) is 21.2. The fourth-order valence-corrected chi connectivity index (χ4v) is 4.61. The molecule has 3 rings (SSSR count). The summed E-state index contributed by atoms with van der Waals surface area (Å²) in [6, 6.07) is 0. The molecule has 156 valence electrons. The predicted octanol–water partition coefficient (Wildman–Crippen LogP) is 3.69. The highest BCUT2D eigenvalue weighted by atomic mass is 32.1. The van der Waals surface area contributed by atoms with Crippen molar-refractivity contribution in [1.82, 2.24) is 19.9 Å². The number of aromatic nitrogens is 3. The normalized spacial score (nSPS) is 17.3. The quantitative estimate of drug-likeness (QED) is 0.823. The molecule has 1 aliphatic heterocycles. The van der Waals surface area contributed by atoms with Crippen LogP contribution < -0.4 is 5.32 Å². The third-order valence-electron chi connectivity index (χ3n) is 4.94. The van der Waals surface area contributed by atoms with Gasteiger partial charge in [-0.25, -0.2) is 9.97 Å². The Balaban J connectivity index is 1.73. The highest BCUT2D eigenvalue weighted by molar-refractivity contribution is 7.19. The van der Waals surface area contributed by atoms with Crippen LogP contribution in [0.4, 0.5) is 5.13 Å². The Labute approximate surface area is 176 Å². The lowest BCUT2D eigenvalue weighted by atomic mass is 9.89. The minimum atomic E-state index is -0.350. The van der Waals surface area contributed by atoms with Crippen LogP contribution in [0.1, 0.15) is 51.9 Å². The van der Waals surface area contributed by atoms with E-state index in [0.29, 0.717) is 11.0 Å². The van der Waals surface area contributed by atoms with Gasteiger partial charge in [0.1, 0.15) is 5.69 Å². The summed E-state index contributed by atoms with van der Waals surface area (Å²) < 4.78 is 0. The number of nitrogens with one attached hydrogen (secondary N) is 1. The van der Waals surface area contributed by atoms with E-state index in [4.69, 9.17) is 4.98 Å². The number of rotatable bonds is 4. The van der Waals surface area contributed by atoms with E-state index in [0.717, 1.165) is 54.3 Å². The predicted molar refractivity (Wildman–Crippen MR) is 115 cm³/mol. The number of aryl methyl sites for hydroxylation is 1. The number of anilines is 1. The fourth-order valence-electron chi connectivity index (χ4n) is 3.64. The molecule has 0 saturated carbocycles. The molecule has 1 aliphatic rings. The topological polar surface area (TPSA) is 88.1 Å². The van der Waals surface area contributed by atoms with Crippen LogP contribution in [0.3, 0.4) is 0 Å². The maximum absolute atomic E-state index is 12.6. The van der Waals surface area contributed by atoms with Gasteiger partial charge in [-0.15, -0.1) is 0 Å². The van der Waals surface area contributed by atoms with Crippen molar-refractivity contribution in [2.75, 3.05) is 18.4 Å². The van der Waals surface area contributed by atoms with Gasteiger partial charge < -0.3 is 10.2 Å². The van der Waals surface area contributed by atoms with Crippen molar-refractivity contribution in [1.29, 1.82) is 0 Å². The van der Waals surface area contributed by atoms with Gasteiger partial charge in [0.25, 0.3) is 0 Å². The molecule has 8 heteroatoms. The Morgan fingerprint density at radius 1 is 1.28 bits per heavy atom. The molecule has 0 aromatic carbocycles. The van der Waals surface area contributed by atoms with Crippen molar-refractivity contribution >= 4 is 28.3 Å². The maximum Gasteiger partial charge on any atom is 0.227 e. The van der Waals surface area contributed by atoms with E-state index in [2.05, 4.69) is 15.3 Å². The van der Waals surface area contributed by atoms with Crippen LogP contribution >= 0.6 is 11.3 Å². The molecule has 1 N–H and O–H groups in total. The van der Waals surface area contributed by atoms with Crippen molar-refractivity contribution < 1.29 is 9.59 Å². The number of hydrogen-bond acceptors (Lipinski definition) is 6. The summed E-state index contributed by atoms with van der Waals surface area (Å²) >= 11 is 1.40. The first-order chi connectivity index (χ1) is 13.6. The first-order valence-corrected chi connectivity index (χ1v) is 10.8. The average molecular weight is 416 g/mol. The van der Waals surface area contributed by atoms with Crippen molar-refractivity contribution in [3.63, 3.8) is 0 Å². The molecule has 0 aliphatic carbocycles. The Kier molecular flexibility index (Phi) is 6.31. The van der Waals surface area contributed by atoms with Crippen LogP contribution in [0.15, 0.2) is 12.4 Å². The fraction of sp³-hybridized carbons (Fsp3) is 0.571. The highest BCUT2D eigenvalue weighted by Crippen LogP contribution is 2.32. The minimum absolute atomic E-state index is 0.142. The number of carbonyl (C=O) groups is 2. The SMILES string of the molecule is CC(=O)Nc1nc(C)c(-c2cncc(C[C@@H]3CCCN(C(=O)C(C)(C)C)C3)n2)s1. The monoisotopic (exact) mass is 415 g/mol. The molecule has 29 heavy (non-hydrogen) atoms. The maximum atomic E-state index is 12.6. The van der Waals surface area contributed by atoms with Crippen molar-refractivity contribution in [3.8, 4) is 10.6 Å². The summed E-state index contributed by atoms with van der Waals surface area (Å²) in [5, 5.41) is 3.30. The lowest BCUT2D eigenvalue weighted by Gasteiger charge is -2.36. The first kappa shape index (κ1) is 21.4. The van der Waals surface area contributed by atoms with E-state index in [1.165, 1.54) is 18.3 Å². The van der Waals surface area contributed by atoms with Gasteiger partial charge in [-0.1, -0.05) is 32.1 Å². The van der Waals surface area contributed by atoms with E-state index in [9.17, 15) is 9.59 Å². The van der Waals surface area contributed by atoms with Gasteiger partial charge in [-0.3, -0.25) is 14.6 Å². The Morgan fingerprint density at radius 3 is 2.72 bits per heavy atom. The number of nitrogens with zero attached hydrogens (tertiary/aromatic N) is 4. The van der Waals surface area contributed by atoms with Crippen LogP contribution in [0.25, 0.3) is 10.6 Å². The molecule has 2 amide bonds. The molecule has 2 aromatic heterocycles. The highest BCUT2D eigenvalue weighted by Gasteiger charge is 2.31. The number of likely N-dealkylation sites (tertiary alicyclic amines) is 1. The van der Waals surface area contributed by atoms with E-state index in [1.54, 1.807) is 12.4 Å². The smallest absolute Gasteiger partial charge is 0.227 e. The zero-order valence-electron chi connectivity index (χ0n) is 17.8. The van der Waals surface area contributed by atoms with Gasteiger partial charge in [-0.05, 0) is 32.1 Å². The second-order valence-corrected chi connectivity index (χ2v) is 9.72. The van der Waals surface area contributed by atoms with Crippen LogP contribution in [0, 0.1) is 18.3 Å². The van der Waals surface area contributed by atoms with Gasteiger partial charge in [0.2, 0.25) is 11.8 Å². The van der Waals surface area contributed by atoms with Crippen molar-refractivity contribution in [2.45, 2.75) is 53.9 Å². The third-order valence-corrected chi connectivity index (χ3v) is 6.04. The van der Waals surface area contributed by atoms with E-state index in [-0.39, 0.29) is 17.2 Å². The second kappa shape index (κ2) is 8.57. The molecule has 0 spiro atoms. The molecule has 7 nitrogen and oxygen atoms in total. The van der Waals surface area contributed by atoms with Crippen LogP contribution in [0.2, 0.25) is 0 Å². The van der Waals surface area contributed by atoms with Gasteiger partial charge in [0.15, 0.2) is 5.13 Å². The molecule has 1 saturated heterocycles. The lowest BCUT2D eigenvalue weighted by Crippen LogP contribution is -2.45. The van der Waals surface area contributed by atoms with Crippen molar-refractivity contribution in [2.24, 2.45) is 11.3 Å². The third kappa shape index (κ3) is 5.38. The molecule has 3 heterocycles. The Morgan fingerprint density at radius 2 is 2.03 bits per heavy atom. The number of piperidine rings is 1. The molecular formula is C21H29N5O2S. The van der Waals surface area contributed by atoms with Gasteiger partial charge in [0.05, 0.1) is 22.5 Å². The van der Waals surface area contributed by atoms with Crippen LogP contribution in [-0.2, 0) is 16.0 Å². The Bertz CT molecular complexity index is 903. The van der Waals surface area contributed by atoms with Gasteiger partial charge in [0, 0.05) is 31.6 Å². The molecule has 1 atom stereocenters. The second-order valence-electron chi connectivity index (χ2n) is 8.72. The molecule has 0 bridgehead atoms. The summed E-state index contributed by atoms with van der Waals surface area (Å²) in [7, 11) is 0. The summed E-state index contributed by atoms with van der Waals surface area (Å²) in [6.45, 7) is 10.9. The summed E-state index contributed by atoms with van der Waals surface area (Å²) in [6.07, 6.45) is 6.45. The average Bonchev–Trinajstić information content (AvgIpc) is 3.00. The summed E-state index contributed by atoms with van der Waals surface area (Å²) in [5.74, 6) is 0.460. The summed E-state index contributed by atoms with van der Waals surface area (Å²) in [5.41, 5.74) is 2.17. The largest absolute Gasteiger partial charge is 0.342 e. The van der Waals surface area contributed by atoms with Crippen LogP contribution in [-0.4, -0.2) is 44.8 Å². The number of thiazole rings is 1. The standard InChI is InChI=1S/C21H29N5O2S/c1-13-18(29-20(23-13)24-14(2)27)17-11-22-10-16(25-17)9-15-7-6-8-26(12-15)19(28)21(3,4)5/h10-11,15H,6-9,12H2,1-5H3,(H,23,24,27)/t15-/m0/s1. The Hall–Kier alpha value is -2.35. The van der Waals surface area contributed by atoms with Crippen LogP contribution in [0.5, 0.6) is 0 Å². The first-order valence-electron chi connectivity index (χ1n) is 9.99. The number of carbonyl (C=O) groups excluding carboxylic acids is 2. The zero-order valence-corrected chi connectivity index (χ0v) is 18.6. The van der Waals surface area contributed by atoms with E-state index >= 15 is 0 Å². The van der Waals surface area contributed by atoms with Crippen molar-refractivity contribution in [3.05, 3.63) is 23.8 Å². The molecule has 0 radical (unpaired) electrons. The molecule has 1 fully saturated rings. The number of hydrogen-bond donors (Lipinski definition) is 1. The molecular weight excluding hydrogens is 386 g/mol. The molecule has 2 aromatic rings. The lowest BCUT2D eigenvalue weighted by molar-refractivity contribution is -0.141. The van der Waals surface area contributed by atoms with Gasteiger partial charge >= 0.3 is 0 Å². The minimum Gasteiger partial charge on any atom is -0.342 e. The van der Waals surface area contributed by atoms with E-state index < -0.39 is 0 Å². The van der Waals surface area contributed by atoms with Gasteiger partial charge in [-0.2, -0.15) is 0 Å².